The second kappa shape index (κ2) is 11.6. The molecule has 0 unspecified atom stereocenters. The first-order chi connectivity index (χ1) is 16.9. The molecule has 3 aromatic rings. The minimum absolute atomic E-state index is 0.00462. The minimum atomic E-state index is -3.63. The predicted molar refractivity (Wildman–Crippen MR) is 144 cm³/mol. The molecule has 0 aliphatic carbocycles. The molecule has 0 saturated carbocycles. The van der Waals surface area contributed by atoms with E-state index >= 15 is 0 Å². The summed E-state index contributed by atoms with van der Waals surface area (Å²) in [5.74, 6) is -0.908. The van der Waals surface area contributed by atoms with Gasteiger partial charge < -0.3 is 4.90 Å². The number of amides is 1. The number of rotatable bonds is 10. The van der Waals surface area contributed by atoms with E-state index in [1.54, 1.807) is 73.3 Å². The third-order valence-corrected chi connectivity index (χ3v) is 7.84. The van der Waals surface area contributed by atoms with E-state index in [1.807, 2.05) is 13.0 Å². The highest BCUT2D eigenvalue weighted by Crippen LogP contribution is 2.26. The average molecular weight is 548 g/mol. The number of halogens is 2. The van der Waals surface area contributed by atoms with Gasteiger partial charge in [-0.05, 0) is 50.6 Å². The monoisotopic (exact) mass is 546 g/mol. The number of nitrogens with zero attached hydrogens (tertiary/aromatic N) is 1. The van der Waals surface area contributed by atoms with Crippen LogP contribution in [0.3, 0.4) is 0 Å². The Bertz CT molecular complexity index is 1360. The number of sulfonamides is 1. The van der Waals surface area contributed by atoms with Crippen LogP contribution in [-0.4, -0.2) is 43.6 Å². The zero-order valence-electron chi connectivity index (χ0n) is 20.3. The van der Waals surface area contributed by atoms with Crippen LogP contribution in [0.5, 0.6) is 0 Å². The first-order valence-electron chi connectivity index (χ1n) is 11.4. The smallest absolute Gasteiger partial charge is 0.255 e. The summed E-state index contributed by atoms with van der Waals surface area (Å²) in [4.78, 5) is 28.5. The summed E-state index contributed by atoms with van der Waals surface area (Å²) in [6, 6.07) is 20.0. The van der Waals surface area contributed by atoms with E-state index in [4.69, 9.17) is 23.2 Å². The first-order valence-corrected chi connectivity index (χ1v) is 13.8. The number of likely N-dealkylation sites (N-methyl/N-ethyl adjacent to an activating group) is 1. The van der Waals surface area contributed by atoms with Crippen LogP contribution >= 0.6 is 23.2 Å². The van der Waals surface area contributed by atoms with Gasteiger partial charge in [0, 0.05) is 24.2 Å². The second-order valence-corrected chi connectivity index (χ2v) is 11.6. The molecule has 1 N–H and O–H groups in total. The Balaban J connectivity index is 1.83. The number of benzene rings is 3. The van der Waals surface area contributed by atoms with E-state index in [0.717, 1.165) is 0 Å². The lowest BCUT2D eigenvalue weighted by Crippen LogP contribution is -2.54. The fourth-order valence-electron chi connectivity index (χ4n) is 3.88. The average Bonchev–Trinajstić information content (AvgIpc) is 2.85. The highest BCUT2D eigenvalue weighted by Gasteiger charge is 2.33. The summed E-state index contributed by atoms with van der Waals surface area (Å²) in [5, 5.41) is 0.566. The van der Waals surface area contributed by atoms with Crippen LogP contribution in [-0.2, 0) is 15.8 Å². The van der Waals surface area contributed by atoms with Gasteiger partial charge in [-0.15, -0.1) is 0 Å². The van der Waals surface area contributed by atoms with Crippen molar-refractivity contribution < 1.29 is 18.0 Å². The summed E-state index contributed by atoms with van der Waals surface area (Å²) in [6.45, 7) is 5.68. The summed E-state index contributed by atoms with van der Waals surface area (Å²) in [7, 11) is -3.63. The van der Waals surface area contributed by atoms with Crippen LogP contribution in [0.1, 0.15) is 52.6 Å². The standard InChI is InChI=1S/C27H28Cl2N2O4S/c1-4-31(27(2,3)18-30-36(34,35)17-19-10-6-5-7-11-19)26(33)22-13-9-8-12-21(22)25(32)20-14-15-23(28)24(29)16-20/h5-16,30H,4,17-18H2,1-3H3. The Morgan fingerprint density at radius 3 is 2.11 bits per heavy atom. The number of ketones is 1. The molecule has 0 aliphatic rings. The molecule has 190 valence electrons. The van der Waals surface area contributed by atoms with Gasteiger partial charge in [-0.25, -0.2) is 13.1 Å². The predicted octanol–water partition coefficient (Wildman–Crippen LogP) is 5.58. The molecular weight excluding hydrogens is 519 g/mol. The molecule has 0 atom stereocenters. The zero-order valence-corrected chi connectivity index (χ0v) is 22.6. The lowest BCUT2D eigenvalue weighted by Gasteiger charge is -2.38. The van der Waals surface area contributed by atoms with Gasteiger partial charge in [-0.1, -0.05) is 71.7 Å². The van der Waals surface area contributed by atoms with Crippen LogP contribution < -0.4 is 4.72 Å². The summed E-state index contributed by atoms with van der Waals surface area (Å²) >= 11 is 12.1. The molecule has 9 heteroatoms. The second-order valence-electron chi connectivity index (χ2n) is 8.93. The number of nitrogens with one attached hydrogen (secondary N) is 1. The van der Waals surface area contributed by atoms with E-state index in [-0.39, 0.29) is 40.1 Å². The van der Waals surface area contributed by atoms with Crippen molar-refractivity contribution in [3.63, 3.8) is 0 Å². The third-order valence-electron chi connectivity index (χ3n) is 5.80. The van der Waals surface area contributed by atoms with Crippen molar-refractivity contribution in [3.8, 4) is 0 Å². The molecule has 0 aromatic heterocycles. The molecule has 0 fully saturated rings. The molecule has 1 amide bonds. The molecular formula is C27H28Cl2N2O4S. The molecule has 6 nitrogen and oxygen atoms in total. The van der Waals surface area contributed by atoms with Gasteiger partial charge in [0.2, 0.25) is 10.0 Å². The van der Waals surface area contributed by atoms with Crippen molar-refractivity contribution in [1.29, 1.82) is 0 Å². The Morgan fingerprint density at radius 1 is 0.889 bits per heavy atom. The zero-order chi connectivity index (χ0) is 26.5. The number of carbonyl (C=O) groups excluding carboxylic acids is 2. The minimum Gasteiger partial charge on any atom is -0.332 e. The Hall–Kier alpha value is -2.71. The van der Waals surface area contributed by atoms with Crippen molar-refractivity contribution in [2.75, 3.05) is 13.1 Å². The molecule has 3 aromatic carbocycles. The topological polar surface area (TPSA) is 83.6 Å². The van der Waals surface area contributed by atoms with Gasteiger partial charge in [0.25, 0.3) is 5.91 Å². The van der Waals surface area contributed by atoms with Gasteiger partial charge in [-0.3, -0.25) is 9.59 Å². The normalized spacial score (nSPS) is 11.8. The van der Waals surface area contributed by atoms with E-state index in [2.05, 4.69) is 4.72 Å². The Kier molecular flexibility index (Phi) is 8.95. The Morgan fingerprint density at radius 2 is 1.50 bits per heavy atom. The van der Waals surface area contributed by atoms with Crippen molar-refractivity contribution >= 4 is 44.9 Å². The van der Waals surface area contributed by atoms with Crippen LogP contribution in [0.25, 0.3) is 0 Å². The van der Waals surface area contributed by atoms with Gasteiger partial charge >= 0.3 is 0 Å². The van der Waals surface area contributed by atoms with Crippen molar-refractivity contribution in [3.05, 3.63) is 105 Å². The maximum atomic E-state index is 13.7. The van der Waals surface area contributed by atoms with Crippen LogP contribution in [0.4, 0.5) is 0 Å². The highest BCUT2D eigenvalue weighted by molar-refractivity contribution is 7.88. The lowest BCUT2D eigenvalue weighted by atomic mass is 9.95. The summed E-state index contributed by atoms with van der Waals surface area (Å²) in [5.41, 5.74) is 0.534. The van der Waals surface area contributed by atoms with E-state index < -0.39 is 15.6 Å². The third kappa shape index (κ3) is 6.73. The summed E-state index contributed by atoms with van der Waals surface area (Å²) < 4.78 is 28.0. The van der Waals surface area contributed by atoms with Crippen molar-refractivity contribution in [2.45, 2.75) is 32.1 Å². The van der Waals surface area contributed by atoms with E-state index in [9.17, 15) is 18.0 Å². The molecule has 0 spiro atoms. The van der Waals surface area contributed by atoms with E-state index in [1.165, 1.54) is 12.1 Å². The molecule has 3 rings (SSSR count). The van der Waals surface area contributed by atoms with Gasteiger partial charge in [0.1, 0.15) is 0 Å². The molecule has 0 bridgehead atoms. The largest absolute Gasteiger partial charge is 0.332 e. The molecule has 0 aliphatic heterocycles. The lowest BCUT2D eigenvalue weighted by molar-refractivity contribution is 0.0571. The summed E-state index contributed by atoms with van der Waals surface area (Å²) in [6.07, 6.45) is 0. The van der Waals surface area contributed by atoms with Crippen molar-refractivity contribution in [1.82, 2.24) is 9.62 Å². The molecule has 0 heterocycles. The van der Waals surface area contributed by atoms with Gasteiger partial charge in [0.15, 0.2) is 5.78 Å². The van der Waals surface area contributed by atoms with Gasteiger partial charge in [0.05, 0.1) is 26.9 Å². The molecule has 0 saturated heterocycles. The fraction of sp³-hybridized carbons (Fsp3) is 0.259. The van der Waals surface area contributed by atoms with Crippen LogP contribution in [0.2, 0.25) is 10.0 Å². The fourth-order valence-corrected chi connectivity index (χ4v) is 5.48. The van der Waals surface area contributed by atoms with Gasteiger partial charge in [-0.2, -0.15) is 0 Å². The van der Waals surface area contributed by atoms with E-state index in [0.29, 0.717) is 22.7 Å². The molecule has 0 radical (unpaired) electrons. The SMILES string of the molecule is CCN(C(=O)c1ccccc1C(=O)c1ccc(Cl)c(Cl)c1)C(C)(C)CNS(=O)(=O)Cc1ccccc1. The highest BCUT2D eigenvalue weighted by atomic mass is 35.5. The maximum Gasteiger partial charge on any atom is 0.255 e. The Labute approximate surface area is 222 Å². The number of carbonyl (C=O) groups is 2. The maximum absolute atomic E-state index is 13.7. The van der Waals surface area contributed by atoms with Crippen LogP contribution in [0, 0.1) is 0 Å². The number of hydrogen-bond acceptors (Lipinski definition) is 4. The van der Waals surface area contributed by atoms with Crippen LogP contribution in [0.15, 0.2) is 72.8 Å². The number of hydrogen-bond donors (Lipinski definition) is 1. The quantitative estimate of drug-likeness (QED) is 0.336. The van der Waals surface area contributed by atoms with Crippen molar-refractivity contribution in [2.24, 2.45) is 0 Å². The molecule has 36 heavy (non-hydrogen) atoms. The first kappa shape index (κ1) is 27.9.